The summed E-state index contributed by atoms with van der Waals surface area (Å²) < 4.78 is 0. The molecule has 6 nitrogen and oxygen atoms in total. The fourth-order valence-electron chi connectivity index (χ4n) is 4.65. The molecule has 0 aliphatic heterocycles. The minimum atomic E-state index is -0.758. The summed E-state index contributed by atoms with van der Waals surface area (Å²) in [6.45, 7) is 2.06. The number of rotatable bonds is 13. The average Bonchev–Trinajstić information content (AvgIpc) is 3.02. The normalized spacial score (nSPS) is 23.7. The molecule has 0 aromatic heterocycles. The number of aryl methyl sites for hydroxylation is 2. The Labute approximate surface area is 179 Å². The average molecular weight is 420 g/mol. The van der Waals surface area contributed by atoms with Crippen molar-refractivity contribution < 1.29 is 25.3 Å². The van der Waals surface area contributed by atoms with E-state index < -0.39 is 18.2 Å². The van der Waals surface area contributed by atoms with Crippen LogP contribution in [0.3, 0.4) is 0 Å². The number of carboxylic acid groups (broad SMARTS) is 1. The lowest BCUT2D eigenvalue weighted by Gasteiger charge is -2.23. The molecule has 30 heavy (non-hydrogen) atoms. The van der Waals surface area contributed by atoms with E-state index in [-0.39, 0.29) is 18.3 Å². The van der Waals surface area contributed by atoms with E-state index in [4.69, 9.17) is 5.11 Å². The topological polar surface area (TPSA) is 110 Å². The molecule has 0 saturated heterocycles. The van der Waals surface area contributed by atoms with E-state index in [2.05, 4.69) is 30.3 Å². The van der Waals surface area contributed by atoms with Crippen molar-refractivity contribution in [1.29, 1.82) is 0 Å². The van der Waals surface area contributed by atoms with Gasteiger partial charge in [-0.15, -0.1) is 0 Å². The van der Waals surface area contributed by atoms with Crippen LogP contribution in [0.5, 0.6) is 0 Å². The van der Waals surface area contributed by atoms with Gasteiger partial charge in [0.15, 0.2) is 0 Å². The van der Waals surface area contributed by atoms with Crippen LogP contribution in [0.25, 0.3) is 0 Å². The van der Waals surface area contributed by atoms with Crippen LogP contribution in [0.15, 0.2) is 29.4 Å². The third-order valence-electron chi connectivity index (χ3n) is 6.32. The molecule has 2 rings (SSSR count). The Hall–Kier alpha value is -1.92. The first-order valence-electron chi connectivity index (χ1n) is 11.2. The molecule has 1 fully saturated rings. The minimum Gasteiger partial charge on any atom is -0.481 e. The van der Waals surface area contributed by atoms with Crippen LogP contribution in [0.4, 0.5) is 0 Å². The van der Waals surface area contributed by atoms with Gasteiger partial charge in [-0.2, -0.15) is 0 Å². The lowest BCUT2D eigenvalue weighted by atomic mass is 9.84. The fraction of sp³-hybridized carbons (Fsp3) is 0.667. The second-order valence-electron chi connectivity index (χ2n) is 8.74. The second kappa shape index (κ2) is 12.7. The zero-order chi connectivity index (χ0) is 21.9. The van der Waals surface area contributed by atoms with Gasteiger partial charge in [0.25, 0.3) is 0 Å². The standard InChI is InChI=1S/C24H37NO5/c1-17-7-6-8-18(15-17)11-12-19(26)13-14-20-21(23(27)16-22(20)25-30)9-4-2-3-5-10-24(28)29/h6-8,15,19-21,23,26-27,30H,2-5,9-14,16H2,1H3,(H,28,29)/b25-22+. The van der Waals surface area contributed by atoms with Crippen LogP contribution in [-0.2, 0) is 11.2 Å². The Kier molecular flexibility index (Phi) is 10.3. The predicted molar refractivity (Wildman–Crippen MR) is 117 cm³/mol. The van der Waals surface area contributed by atoms with Gasteiger partial charge in [0.1, 0.15) is 0 Å². The molecule has 0 bridgehead atoms. The monoisotopic (exact) mass is 419 g/mol. The predicted octanol–water partition coefficient (Wildman–Crippen LogP) is 4.32. The van der Waals surface area contributed by atoms with E-state index in [1.165, 1.54) is 11.1 Å². The molecule has 4 unspecified atom stereocenters. The van der Waals surface area contributed by atoms with Crippen molar-refractivity contribution >= 4 is 11.7 Å². The van der Waals surface area contributed by atoms with Crippen LogP contribution in [-0.4, -0.2) is 44.4 Å². The highest BCUT2D eigenvalue weighted by Crippen LogP contribution is 2.37. The van der Waals surface area contributed by atoms with Gasteiger partial charge in [0.05, 0.1) is 17.9 Å². The molecule has 4 atom stereocenters. The maximum Gasteiger partial charge on any atom is 0.303 e. The zero-order valence-corrected chi connectivity index (χ0v) is 18.0. The number of carboxylic acids is 1. The van der Waals surface area contributed by atoms with E-state index >= 15 is 0 Å². The summed E-state index contributed by atoms with van der Waals surface area (Å²) in [5.41, 5.74) is 3.09. The Morgan fingerprint density at radius 3 is 2.63 bits per heavy atom. The third-order valence-corrected chi connectivity index (χ3v) is 6.32. The van der Waals surface area contributed by atoms with Crippen molar-refractivity contribution in [3.05, 3.63) is 35.4 Å². The van der Waals surface area contributed by atoms with E-state index in [9.17, 15) is 20.2 Å². The van der Waals surface area contributed by atoms with Crippen LogP contribution in [0.1, 0.15) is 75.3 Å². The number of carbonyl (C=O) groups is 1. The second-order valence-corrected chi connectivity index (χ2v) is 8.74. The van der Waals surface area contributed by atoms with Crippen molar-refractivity contribution in [3.8, 4) is 0 Å². The van der Waals surface area contributed by atoms with Crippen molar-refractivity contribution in [1.82, 2.24) is 0 Å². The molecule has 1 aliphatic carbocycles. The van der Waals surface area contributed by atoms with E-state index in [0.717, 1.165) is 32.1 Å². The van der Waals surface area contributed by atoms with E-state index in [1.54, 1.807) is 0 Å². The van der Waals surface area contributed by atoms with Gasteiger partial charge in [-0.1, -0.05) is 54.2 Å². The summed E-state index contributed by atoms with van der Waals surface area (Å²) in [5.74, 6) is -0.719. The highest BCUT2D eigenvalue weighted by atomic mass is 16.4. The Morgan fingerprint density at radius 2 is 1.93 bits per heavy atom. The number of benzene rings is 1. The number of aliphatic hydroxyl groups excluding tert-OH is 2. The van der Waals surface area contributed by atoms with Crippen molar-refractivity contribution in [2.45, 2.75) is 89.8 Å². The Bertz CT molecular complexity index is 690. The summed E-state index contributed by atoms with van der Waals surface area (Å²) in [6.07, 6.45) is 6.77. The minimum absolute atomic E-state index is 0.00219. The molecule has 1 saturated carbocycles. The van der Waals surface area contributed by atoms with Crippen LogP contribution >= 0.6 is 0 Å². The van der Waals surface area contributed by atoms with Crippen LogP contribution in [0, 0.1) is 18.8 Å². The van der Waals surface area contributed by atoms with Gasteiger partial charge in [-0.3, -0.25) is 4.79 Å². The largest absolute Gasteiger partial charge is 0.481 e. The summed E-state index contributed by atoms with van der Waals surface area (Å²) >= 11 is 0. The van der Waals surface area contributed by atoms with Crippen molar-refractivity contribution in [3.63, 3.8) is 0 Å². The third kappa shape index (κ3) is 8.07. The summed E-state index contributed by atoms with van der Waals surface area (Å²) in [7, 11) is 0. The lowest BCUT2D eigenvalue weighted by molar-refractivity contribution is -0.137. The van der Waals surface area contributed by atoms with Crippen molar-refractivity contribution in [2.24, 2.45) is 17.0 Å². The summed E-state index contributed by atoms with van der Waals surface area (Å²) in [5, 5.41) is 42.4. The lowest BCUT2D eigenvalue weighted by Crippen LogP contribution is -2.22. The first-order valence-corrected chi connectivity index (χ1v) is 11.2. The molecule has 4 N–H and O–H groups in total. The quantitative estimate of drug-likeness (QED) is 0.216. The number of unbranched alkanes of at least 4 members (excludes halogenated alkanes) is 3. The van der Waals surface area contributed by atoms with Crippen LogP contribution < -0.4 is 0 Å². The molecule has 1 aromatic rings. The maximum atomic E-state index is 10.6. The maximum absolute atomic E-state index is 10.6. The SMILES string of the molecule is Cc1cccc(CCC(O)CCC2/C(=N/O)CC(O)C2CCCCCCC(=O)O)c1. The highest BCUT2D eigenvalue weighted by Gasteiger charge is 2.39. The van der Waals surface area contributed by atoms with Crippen molar-refractivity contribution in [2.75, 3.05) is 0 Å². The molecule has 0 radical (unpaired) electrons. The molecule has 1 aromatic carbocycles. The first kappa shape index (κ1) is 24.4. The molecule has 6 heteroatoms. The number of oxime groups is 1. The number of aliphatic hydroxyl groups is 2. The van der Waals surface area contributed by atoms with Gasteiger partial charge in [0, 0.05) is 18.8 Å². The molecular weight excluding hydrogens is 382 g/mol. The van der Waals surface area contributed by atoms with Gasteiger partial charge in [-0.05, 0) is 56.9 Å². The van der Waals surface area contributed by atoms with Gasteiger partial charge in [0.2, 0.25) is 0 Å². The van der Waals surface area contributed by atoms with Gasteiger partial charge < -0.3 is 20.5 Å². The fourth-order valence-corrected chi connectivity index (χ4v) is 4.65. The summed E-state index contributed by atoms with van der Waals surface area (Å²) in [4.78, 5) is 10.6. The molecule has 168 valence electrons. The molecular formula is C24H37NO5. The van der Waals surface area contributed by atoms with E-state index in [1.807, 2.05) is 6.07 Å². The molecule has 0 spiro atoms. The van der Waals surface area contributed by atoms with E-state index in [0.29, 0.717) is 37.8 Å². The summed E-state index contributed by atoms with van der Waals surface area (Å²) in [6, 6.07) is 8.32. The zero-order valence-electron chi connectivity index (χ0n) is 18.0. The van der Waals surface area contributed by atoms with Crippen LogP contribution in [0.2, 0.25) is 0 Å². The molecule has 1 aliphatic rings. The number of nitrogens with zero attached hydrogens (tertiary/aromatic N) is 1. The number of aliphatic carboxylic acids is 1. The van der Waals surface area contributed by atoms with Gasteiger partial charge >= 0.3 is 5.97 Å². The first-order chi connectivity index (χ1) is 14.4. The number of hydrogen-bond acceptors (Lipinski definition) is 5. The highest BCUT2D eigenvalue weighted by molar-refractivity contribution is 5.89. The molecule has 0 heterocycles. The Balaban J connectivity index is 1.77. The molecule has 0 amide bonds. The number of hydrogen-bond donors (Lipinski definition) is 4. The van der Waals surface area contributed by atoms with Gasteiger partial charge in [-0.25, -0.2) is 0 Å². The Morgan fingerprint density at radius 1 is 1.17 bits per heavy atom. The smallest absolute Gasteiger partial charge is 0.303 e.